The lowest BCUT2D eigenvalue weighted by molar-refractivity contribution is -0.145. The zero-order chi connectivity index (χ0) is 20.8. The quantitative estimate of drug-likeness (QED) is 0.507. The predicted molar refractivity (Wildman–Crippen MR) is 107 cm³/mol. The molecule has 3 rings (SSSR count). The summed E-state index contributed by atoms with van der Waals surface area (Å²) in [4.78, 5) is 27.8. The highest BCUT2D eigenvalue weighted by molar-refractivity contribution is 6.30. The summed E-state index contributed by atoms with van der Waals surface area (Å²) >= 11 is 5.87. The van der Waals surface area contributed by atoms with Crippen molar-refractivity contribution in [2.45, 2.75) is 6.92 Å². The van der Waals surface area contributed by atoms with Gasteiger partial charge in [0.15, 0.2) is 23.8 Å². The number of hydrogen-bond acceptors (Lipinski definition) is 7. The fraction of sp³-hybridized carbons (Fsp3) is 0.190. The van der Waals surface area contributed by atoms with Crippen molar-refractivity contribution in [1.82, 2.24) is 0 Å². The maximum Gasteiger partial charge on any atom is 0.363 e. The Balaban J connectivity index is 1.79. The normalized spacial score (nSPS) is 14.4. The van der Waals surface area contributed by atoms with Gasteiger partial charge in [0.2, 0.25) is 5.90 Å². The number of halogens is 1. The summed E-state index contributed by atoms with van der Waals surface area (Å²) in [5.74, 6) is -0.0479. The maximum absolute atomic E-state index is 12.2. The van der Waals surface area contributed by atoms with Gasteiger partial charge in [0.1, 0.15) is 0 Å². The van der Waals surface area contributed by atoms with Crippen molar-refractivity contribution in [3.05, 3.63) is 64.3 Å². The predicted octanol–water partition coefficient (Wildman–Crippen LogP) is 3.64. The molecule has 8 heteroatoms. The van der Waals surface area contributed by atoms with Crippen molar-refractivity contribution in [1.29, 1.82) is 0 Å². The molecule has 0 spiro atoms. The zero-order valence-corrected chi connectivity index (χ0v) is 16.6. The van der Waals surface area contributed by atoms with Crippen molar-refractivity contribution in [3.63, 3.8) is 0 Å². The van der Waals surface area contributed by atoms with E-state index in [4.69, 9.17) is 30.5 Å². The number of nitrogens with zero attached hydrogens (tertiary/aromatic N) is 1. The van der Waals surface area contributed by atoms with E-state index in [2.05, 4.69) is 4.99 Å². The Kier molecular flexibility index (Phi) is 6.51. The molecule has 1 aliphatic heterocycles. The van der Waals surface area contributed by atoms with Crippen molar-refractivity contribution in [2.75, 3.05) is 20.3 Å². The molecule has 0 amide bonds. The lowest BCUT2D eigenvalue weighted by atomic mass is 10.1. The zero-order valence-electron chi connectivity index (χ0n) is 15.8. The molecule has 0 saturated carbocycles. The minimum absolute atomic E-state index is 0.150. The molecule has 7 nitrogen and oxygen atoms in total. The smallest absolute Gasteiger partial charge is 0.363 e. The monoisotopic (exact) mass is 415 g/mol. The summed E-state index contributed by atoms with van der Waals surface area (Å²) in [6.07, 6.45) is 1.57. The van der Waals surface area contributed by atoms with Crippen LogP contribution >= 0.6 is 11.6 Å². The minimum Gasteiger partial charge on any atom is -0.493 e. The first kappa shape index (κ1) is 20.4. The second-order valence-corrected chi connectivity index (χ2v) is 6.28. The third kappa shape index (κ3) is 5.14. The first-order chi connectivity index (χ1) is 14.0. The second-order valence-electron chi connectivity index (χ2n) is 5.85. The number of rotatable bonds is 7. The summed E-state index contributed by atoms with van der Waals surface area (Å²) in [7, 11) is 1.48. The van der Waals surface area contributed by atoms with Crippen LogP contribution in [0, 0.1) is 0 Å². The highest BCUT2D eigenvalue weighted by atomic mass is 35.5. The topological polar surface area (TPSA) is 83.4 Å². The van der Waals surface area contributed by atoms with Crippen LogP contribution in [0.4, 0.5) is 0 Å². The largest absolute Gasteiger partial charge is 0.493 e. The summed E-state index contributed by atoms with van der Waals surface area (Å²) in [5, 5.41) is 0.576. The van der Waals surface area contributed by atoms with Crippen molar-refractivity contribution >= 4 is 35.5 Å². The first-order valence-electron chi connectivity index (χ1n) is 8.75. The lowest BCUT2D eigenvalue weighted by Crippen LogP contribution is -2.14. The molecule has 1 heterocycles. The Labute approximate surface area is 172 Å². The van der Waals surface area contributed by atoms with Gasteiger partial charge in [-0.25, -0.2) is 14.6 Å². The minimum atomic E-state index is -0.559. The first-order valence-corrected chi connectivity index (χ1v) is 9.13. The van der Waals surface area contributed by atoms with Gasteiger partial charge in [-0.2, -0.15) is 0 Å². The Hall–Kier alpha value is -3.32. The average Bonchev–Trinajstić information content (AvgIpc) is 3.08. The number of carbonyl (C=O) groups is 2. The molecule has 0 aromatic heterocycles. The van der Waals surface area contributed by atoms with Gasteiger partial charge in [-0.3, -0.25) is 0 Å². The molecule has 0 fully saturated rings. The number of carbonyl (C=O) groups excluding carboxylic acids is 2. The average molecular weight is 416 g/mol. The van der Waals surface area contributed by atoms with Gasteiger partial charge in [-0.1, -0.05) is 17.7 Å². The number of cyclic esters (lactones) is 1. The molecule has 1 aliphatic rings. The van der Waals surface area contributed by atoms with E-state index in [1.807, 2.05) is 0 Å². The fourth-order valence-corrected chi connectivity index (χ4v) is 2.64. The second kappa shape index (κ2) is 9.25. The fourth-order valence-electron chi connectivity index (χ4n) is 2.52. The molecule has 0 N–H and O–H groups in total. The third-order valence-electron chi connectivity index (χ3n) is 3.85. The highest BCUT2D eigenvalue weighted by Crippen LogP contribution is 2.30. The third-order valence-corrected chi connectivity index (χ3v) is 4.11. The molecule has 150 valence electrons. The molecule has 0 bridgehead atoms. The summed E-state index contributed by atoms with van der Waals surface area (Å²) < 4.78 is 20.8. The van der Waals surface area contributed by atoms with E-state index >= 15 is 0 Å². The van der Waals surface area contributed by atoms with E-state index in [1.54, 1.807) is 55.5 Å². The number of benzene rings is 2. The molecular formula is C21H18ClNO6. The van der Waals surface area contributed by atoms with E-state index < -0.39 is 11.9 Å². The van der Waals surface area contributed by atoms with Gasteiger partial charge >= 0.3 is 11.9 Å². The SMILES string of the molecule is CCOC(=O)COc1ccc(C=C2N=C(c3ccc(Cl)cc3)OC2=O)cc1OC. The summed E-state index contributed by atoms with van der Waals surface area (Å²) in [5.41, 5.74) is 1.45. The molecule has 0 saturated heterocycles. The van der Waals surface area contributed by atoms with Gasteiger partial charge in [-0.15, -0.1) is 0 Å². The molecular weight excluding hydrogens is 398 g/mol. The summed E-state index contributed by atoms with van der Waals surface area (Å²) in [6.45, 7) is 1.77. The van der Waals surface area contributed by atoms with Crippen LogP contribution in [0.5, 0.6) is 11.5 Å². The molecule has 0 aliphatic carbocycles. The van der Waals surface area contributed by atoms with Gasteiger partial charge in [0, 0.05) is 10.6 Å². The molecule has 29 heavy (non-hydrogen) atoms. The Morgan fingerprint density at radius 3 is 2.62 bits per heavy atom. The van der Waals surface area contributed by atoms with Gasteiger partial charge in [0.05, 0.1) is 13.7 Å². The lowest BCUT2D eigenvalue weighted by Gasteiger charge is -2.10. The molecule has 0 atom stereocenters. The number of hydrogen-bond donors (Lipinski definition) is 0. The van der Waals surface area contributed by atoms with E-state index in [0.29, 0.717) is 27.6 Å². The van der Waals surface area contributed by atoms with Crippen molar-refractivity contribution < 1.29 is 28.5 Å². The van der Waals surface area contributed by atoms with E-state index in [9.17, 15) is 9.59 Å². The number of aliphatic imine (C=N–C) groups is 1. The van der Waals surface area contributed by atoms with Gasteiger partial charge in [-0.05, 0) is 55.0 Å². The number of ether oxygens (including phenoxy) is 4. The van der Waals surface area contributed by atoms with Crippen LogP contribution in [0.1, 0.15) is 18.1 Å². The maximum atomic E-state index is 12.2. The number of esters is 2. The summed E-state index contributed by atoms with van der Waals surface area (Å²) in [6, 6.07) is 11.8. The van der Waals surface area contributed by atoms with Gasteiger partial charge in [0.25, 0.3) is 0 Å². The van der Waals surface area contributed by atoms with Crippen LogP contribution in [0.3, 0.4) is 0 Å². The Bertz CT molecular complexity index is 981. The van der Waals surface area contributed by atoms with Gasteiger partial charge < -0.3 is 18.9 Å². The molecule has 0 unspecified atom stereocenters. The Morgan fingerprint density at radius 1 is 1.17 bits per heavy atom. The standard InChI is InChI=1S/C21H18ClNO6/c1-3-27-19(24)12-28-17-9-4-13(11-18(17)26-2)10-16-21(25)29-20(23-16)14-5-7-15(22)8-6-14/h4-11H,3,12H2,1-2H3. The molecule has 2 aromatic rings. The van der Waals surface area contributed by atoms with Crippen LogP contribution in [-0.2, 0) is 19.1 Å². The highest BCUT2D eigenvalue weighted by Gasteiger charge is 2.24. The molecule has 0 radical (unpaired) electrons. The van der Waals surface area contributed by atoms with E-state index in [0.717, 1.165) is 0 Å². The molecule has 2 aromatic carbocycles. The van der Waals surface area contributed by atoms with Crippen LogP contribution < -0.4 is 9.47 Å². The van der Waals surface area contributed by atoms with E-state index in [-0.39, 0.29) is 24.8 Å². The van der Waals surface area contributed by atoms with Crippen LogP contribution in [0.25, 0.3) is 6.08 Å². The Morgan fingerprint density at radius 2 is 1.93 bits per heavy atom. The van der Waals surface area contributed by atoms with Crippen molar-refractivity contribution in [2.24, 2.45) is 4.99 Å². The van der Waals surface area contributed by atoms with Crippen LogP contribution in [0.2, 0.25) is 5.02 Å². The van der Waals surface area contributed by atoms with Crippen molar-refractivity contribution in [3.8, 4) is 11.5 Å². The van der Waals surface area contributed by atoms with Crippen LogP contribution in [0.15, 0.2) is 53.2 Å². The van der Waals surface area contributed by atoms with Crippen LogP contribution in [-0.4, -0.2) is 38.2 Å². The van der Waals surface area contributed by atoms with E-state index in [1.165, 1.54) is 7.11 Å². The number of methoxy groups -OCH3 is 1.